The Morgan fingerprint density at radius 1 is 1.00 bits per heavy atom. The first kappa shape index (κ1) is 24.0. The minimum Gasteiger partial charge on any atom is -0.480 e. The van der Waals surface area contributed by atoms with Crippen LogP contribution in [0.1, 0.15) is 51.2 Å². The van der Waals surface area contributed by atoms with E-state index in [-0.39, 0.29) is 18.9 Å². The van der Waals surface area contributed by atoms with Crippen LogP contribution in [0.25, 0.3) is 11.1 Å². The number of alkyl carbamates (subject to hydrolysis) is 1. The van der Waals surface area contributed by atoms with Crippen molar-refractivity contribution in [2.45, 2.75) is 51.2 Å². The molecule has 33 heavy (non-hydrogen) atoms. The van der Waals surface area contributed by atoms with Crippen LogP contribution in [-0.2, 0) is 14.3 Å². The predicted molar refractivity (Wildman–Crippen MR) is 124 cm³/mol. The van der Waals surface area contributed by atoms with Gasteiger partial charge >= 0.3 is 18.2 Å². The lowest BCUT2D eigenvalue weighted by atomic mass is 9.98. The molecular formula is C25H28N2O6. The Hall–Kier alpha value is -3.68. The molecule has 2 amide bonds. The molecule has 0 saturated heterocycles. The van der Waals surface area contributed by atoms with E-state index in [9.17, 15) is 19.5 Å². The number of carbonyl (C=O) groups is 3. The van der Waals surface area contributed by atoms with Crippen molar-refractivity contribution in [3.63, 3.8) is 0 Å². The smallest absolute Gasteiger partial charge is 0.433 e. The highest BCUT2D eigenvalue weighted by Crippen LogP contribution is 2.44. The summed E-state index contributed by atoms with van der Waals surface area (Å²) in [5.41, 5.74) is 1.86. The lowest BCUT2D eigenvalue weighted by Gasteiger charge is -2.25. The Balaban J connectivity index is 1.64. The summed E-state index contributed by atoms with van der Waals surface area (Å²) in [6.45, 7) is 6.46. The van der Waals surface area contributed by atoms with Gasteiger partial charge in [-0.2, -0.15) is 4.99 Å². The van der Waals surface area contributed by atoms with Crippen molar-refractivity contribution in [1.82, 2.24) is 5.32 Å². The summed E-state index contributed by atoms with van der Waals surface area (Å²) < 4.78 is 10.5. The van der Waals surface area contributed by atoms with Crippen LogP contribution in [0, 0.1) is 0 Å². The summed E-state index contributed by atoms with van der Waals surface area (Å²) in [5.74, 6) is -1.43. The Labute approximate surface area is 192 Å². The molecule has 0 saturated carbocycles. The van der Waals surface area contributed by atoms with Gasteiger partial charge < -0.3 is 19.9 Å². The topological polar surface area (TPSA) is 114 Å². The third-order valence-electron chi connectivity index (χ3n) is 5.28. The molecule has 1 aliphatic carbocycles. The van der Waals surface area contributed by atoms with Gasteiger partial charge in [-0.15, -0.1) is 0 Å². The third-order valence-corrected chi connectivity index (χ3v) is 5.28. The maximum atomic E-state index is 12.5. The lowest BCUT2D eigenvalue weighted by Crippen LogP contribution is -2.52. The molecule has 2 aromatic rings. The van der Waals surface area contributed by atoms with E-state index in [1.165, 1.54) is 6.92 Å². The number of rotatable bonds is 6. The first-order valence-corrected chi connectivity index (χ1v) is 10.6. The molecule has 0 spiro atoms. The van der Waals surface area contributed by atoms with E-state index in [1.54, 1.807) is 20.8 Å². The first-order valence-electron chi connectivity index (χ1n) is 10.6. The summed E-state index contributed by atoms with van der Waals surface area (Å²) in [7, 11) is 0. The zero-order chi connectivity index (χ0) is 24.2. The van der Waals surface area contributed by atoms with Gasteiger partial charge in [0.05, 0.1) is 0 Å². The minimum atomic E-state index is -1.71. The molecule has 2 aromatic carbocycles. The molecule has 0 heterocycles. The Bertz CT molecular complexity index is 1040. The quantitative estimate of drug-likeness (QED) is 0.611. The van der Waals surface area contributed by atoms with E-state index < -0.39 is 29.3 Å². The summed E-state index contributed by atoms with van der Waals surface area (Å²) in [4.78, 5) is 39.6. The second kappa shape index (κ2) is 9.44. The molecule has 0 unspecified atom stereocenters. The number of carboxylic acids is 1. The van der Waals surface area contributed by atoms with Crippen LogP contribution < -0.4 is 5.32 Å². The molecular weight excluding hydrogens is 424 g/mol. The number of nitrogens with one attached hydrogen (secondary N) is 1. The monoisotopic (exact) mass is 452 g/mol. The van der Waals surface area contributed by atoms with Crippen LogP contribution >= 0.6 is 0 Å². The van der Waals surface area contributed by atoms with Crippen molar-refractivity contribution in [3.05, 3.63) is 59.7 Å². The van der Waals surface area contributed by atoms with Crippen molar-refractivity contribution < 1.29 is 29.0 Å². The summed E-state index contributed by atoms with van der Waals surface area (Å²) >= 11 is 0. The molecule has 1 aliphatic rings. The number of ether oxygens (including phenoxy) is 2. The second-order valence-electron chi connectivity index (χ2n) is 9.08. The largest absolute Gasteiger partial charge is 0.480 e. The van der Waals surface area contributed by atoms with E-state index in [4.69, 9.17) is 9.47 Å². The average Bonchev–Trinajstić information content (AvgIpc) is 3.04. The summed E-state index contributed by atoms with van der Waals surface area (Å²) in [6.07, 6.45) is -0.818. The van der Waals surface area contributed by atoms with Crippen LogP contribution in [0.15, 0.2) is 53.5 Å². The molecule has 2 N–H and O–H groups in total. The van der Waals surface area contributed by atoms with Crippen LogP contribution in [-0.4, -0.2) is 47.2 Å². The first-order chi connectivity index (χ1) is 15.5. The minimum absolute atomic E-state index is 0.0571. The summed E-state index contributed by atoms with van der Waals surface area (Å²) in [5, 5.41) is 12.0. The molecule has 8 nitrogen and oxygen atoms in total. The van der Waals surface area contributed by atoms with Crippen molar-refractivity contribution >= 4 is 24.4 Å². The van der Waals surface area contributed by atoms with Gasteiger partial charge in [-0.3, -0.25) is 0 Å². The van der Waals surface area contributed by atoms with Gasteiger partial charge in [0.15, 0.2) is 0 Å². The Morgan fingerprint density at radius 2 is 1.55 bits per heavy atom. The number of hydrogen-bond donors (Lipinski definition) is 2. The van der Waals surface area contributed by atoms with Crippen LogP contribution in [0.3, 0.4) is 0 Å². The number of aliphatic imine (C=N–C) groups is 1. The fraction of sp³-hybridized carbons (Fsp3) is 0.360. The Morgan fingerprint density at radius 3 is 2.06 bits per heavy atom. The van der Waals surface area contributed by atoms with Crippen molar-refractivity contribution in [1.29, 1.82) is 0 Å². The predicted octanol–water partition coefficient (Wildman–Crippen LogP) is 4.76. The maximum absolute atomic E-state index is 12.5. The molecule has 8 heteroatoms. The highest BCUT2D eigenvalue weighted by molar-refractivity contribution is 5.89. The molecule has 0 radical (unpaired) electrons. The van der Waals surface area contributed by atoms with E-state index in [1.807, 2.05) is 48.5 Å². The number of aliphatic carboxylic acids is 1. The highest BCUT2D eigenvalue weighted by Gasteiger charge is 2.36. The van der Waals surface area contributed by atoms with E-state index >= 15 is 0 Å². The van der Waals surface area contributed by atoms with Gasteiger partial charge in [0.25, 0.3) is 0 Å². The van der Waals surface area contributed by atoms with Gasteiger partial charge in [0.1, 0.15) is 17.7 Å². The number of fused-ring (bicyclic) bond motifs is 3. The van der Waals surface area contributed by atoms with E-state index in [0.717, 1.165) is 28.5 Å². The van der Waals surface area contributed by atoms with Gasteiger partial charge in [-0.05, 0) is 49.9 Å². The SMILES string of the molecule is CC(C)(C)OC(=O)/N=C\C[C@](C)(NC(=O)OCC1c2ccccc2-c2ccccc21)C(=O)O. The number of benzene rings is 2. The van der Waals surface area contributed by atoms with Gasteiger partial charge in [-0.1, -0.05) is 48.5 Å². The molecule has 0 bridgehead atoms. The summed E-state index contributed by atoms with van der Waals surface area (Å²) in [6, 6.07) is 15.8. The van der Waals surface area contributed by atoms with Crippen LogP contribution in [0.2, 0.25) is 0 Å². The normalized spacial score (nSPS) is 14.8. The second-order valence-corrected chi connectivity index (χ2v) is 9.08. The Kier molecular flexibility index (Phi) is 6.86. The molecule has 174 valence electrons. The molecule has 0 aromatic heterocycles. The van der Waals surface area contributed by atoms with Crippen molar-refractivity contribution in [3.8, 4) is 11.1 Å². The maximum Gasteiger partial charge on any atom is 0.433 e. The fourth-order valence-corrected chi connectivity index (χ4v) is 3.64. The van der Waals surface area contributed by atoms with E-state index in [0.29, 0.717) is 0 Å². The average molecular weight is 453 g/mol. The standard InChI is InChI=1S/C25H28N2O6/c1-24(2,3)33-22(30)26-14-13-25(4,21(28)29)27-23(31)32-15-20-18-11-7-5-9-16(18)17-10-6-8-12-19(17)20/h5-12,14,20H,13,15H2,1-4H3,(H,27,31)(H,28,29)/b26-14-/t25-/m0/s1. The van der Waals surface area contributed by atoms with Crippen molar-refractivity contribution in [2.24, 2.45) is 4.99 Å². The number of amides is 2. The molecule has 0 aliphatic heterocycles. The third kappa shape index (κ3) is 5.77. The number of carbonyl (C=O) groups excluding carboxylic acids is 2. The van der Waals surface area contributed by atoms with Crippen LogP contribution in [0.5, 0.6) is 0 Å². The van der Waals surface area contributed by atoms with Gasteiger partial charge in [-0.25, -0.2) is 14.4 Å². The molecule has 1 atom stereocenters. The van der Waals surface area contributed by atoms with E-state index in [2.05, 4.69) is 10.3 Å². The van der Waals surface area contributed by atoms with Gasteiger partial charge in [0.2, 0.25) is 0 Å². The number of nitrogens with zero attached hydrogens (tertiary/aromatic N) is 1. The number of carboxylic acid groups (broad SMARTS) is 1. The zero-order valence-electron chi connectivity index (χ0n) is 19.1. The fourth-order valence-electron chi connectivity index (χ4n) is 3.64. The van der Waals surface area contributed by atoms with Crippen molar-refractivity contribution in [2.75, 3.05) is 6.61 Å². The van der Waals surface area contributed by atoms with Crippen LogP contribution in [0.4, 0.5) is 9.59 Å². The number of hydrogen-bond acceptors (Lipinski definition) is 5. The highest BCUT2D eigenvalue weighted by atomic mass is 16.6. The molecule has 0 fully saturated rings. The zero-order valence-corrected chi connectivity index (χ0v) is 19.1. The molecule has 3 rings (SSSR count). The lowest BCUT2D eigenvalue weighted by molar-refractivity contribution is -0.143. The van der Waals surface area contributed by atoms with Gasteiger partial charge in [0, 0.05) is 18.6 Å².